The van der Waals surface area contributed by atoms with Gasteiger partial charge in [-0.05, 0) is 64.5 Å². The van der Waals surface area contributed by atoms with Crippen LogP contribution in [-0.2, 0) is 18.2 Å². The van der Waals surface area contributed by atoms with Crippen LogP contribution in [0.5, 0.6) is 0 Å². The Morgan fingerprint density at radius 3 is 2.74 bits per heavy atom. The third-order valence-electron chi connectivity index (χ3n) is 5.40. The number of hydrogen-bond acceptors (Lipinski definition) is 2. The molecule has 0 spiro atoms. The van der Waals surface area contributed by atoms with Crippen LogP contribution in [-0.4, -0.2) is 21.8 Å². The molecule has 3 heteroatoms. The number of benzene rings is 1. The van der Waals surface area contributed by atoms with Crippen molar-refractivity contribution in [2.24, 2.45) is 13.0 Å². The van der Waals surface area contributed by atoms with Crippen LogP contribution >= 0.6 is 0 Å². The Morgan fingerprint density at radius 2 is 2.04 bits per heavy atom. The molecule has 0 amide bonds. The van der Waals surface area contributed by atoms with Gasteiger partial charge in [-0.15, -0.1) is 0 Å². The summed E-state index contributed by atoms with van der Waals surface area (Å²) in [7, 11) is 2.10. The van der Waals surface area contributed by atoms with Crippen LogP contribution in [0, 0.1) is 5.92 Å². The van der Waals surface area contributed by atoms with Gasteiger partial charge in [-0.1, -0.05) is 44.1 Å². The van der Waals surface area contributed by atoms with Crippen LogP contribution in [0.1, 0.15) is 72.5 Å². The summed E-state index contributed by atoms with van der Waals surface area (Å²) in [6, 6.07) is 8.33. The maximum atomic E-state index is 6.17. The van der Waals surface area contributed by atoms with Crippen LogP contribution in [0.2, 0.25) is 0 Å². The highest BCUT2D eigenvalue weighted by molar-refractivity contribution is 5.75. The number of nitrogens with zero attached hydrogens (tertiary/aromatic N) is 2. The fraction of sp³-hybridized carbons (Fsp3) is 0.625. The van der Waals surface area contributed by atoms with Crippen molar-refractivity contribution in [1.29, 1.82) is 0 Å². The van der Waals surface area contributed by atoms with E-state index in [9.17, 15) is 0 Å². The standard InChI is InChI=1S/C24H38N2O/c1-7-11-20(3)18-27-24(4,5)17-10-12-19(2)15-16-23-25-21-13-8-9-14-22(21)26(23)6/h8-9,13-15,20H,7,10-12,16-18H2,1-6H3/b19-15+. The molecule has 1 aromatic carbocycles. The average molecular weight is 371 g/mol. The molecule has 0 bridgehead atoms. The van der Waals surface area contributed by atoms with Gasteiger partial charge in [0.25, 0.3) is 0 Å². The number of fused-ring (bicyclic) bond motifs is 1. The normalized spacial score (nSPS) is 14.1. The molecule has 0 aliphatic heterocycles. The van der Waals surface area contributed by atoms with E-state index in [0.29, 0.717) is 5.92 Å². The Balaban J connectivity index is 1.79. The molecule has 3 nitrogen and oxygen atoms in total. The molecule has 0 saturated heterocycles. The Labute approximate surface area is 165 Å². The minimum Gasteiger partial charge on any atom is -0.375 e. The smallest absolute Gasteiger partial charge is 0.113 e. The molecule has 0 fully saturated rings. The Hall–Kier alpha value is -1.61. The number of rotatable bonds is 11. The van der Waals surface area contributed by atoms with Gasteiger partial charge in [0.05, 0.1) is 16.6 Å². The molecule has 0 radical (unpaired) electrons. The van der Waals surface area contributed by atoms with Crippen molar-refractivity contribution in [2.75, 3.05) is 6.61 Å². The van der Waals surface area contributed by atoms with Crippen molar-refractivity contribution < 1.29 is 4.74 Å². The van der Waals surface area contributed by atoms with Gasteiger partial charge in [-0.3, -0.25) is 0 Å². The summed E-state index contributed by atoms with van der Waals surface area (Å²) in [6.07, 6.45) is 9.11. The number of ether oxygens (including phenoxy) is 1. The van der Waals surface area contributed by atoms with Gasteiger partial charge >= 0.3 is 0 Å². The van der Waals surface area contributed by atoms with Crippen molar-refractivity contribution in [1.82, 2.24) is 9.55 Å². The van der Waals surface area contributed by atoms with Crippen LogP contribution < -0.4 is 0 Å². The zero-order valence-corrected chi connectivity index (χ0v) is 18.2. The van der Waals surface area contributed by atoms with Gasteiger partial charge in [0.1, 0.15) is 5.82 Å². The molecule has 1 unspecified atom stereocenters. The van der Waals surface area contributed by atoms with Gasteiger partial charge in [-0.25, -0.2) is 4.98 Å². The lowest BCUT2D eigenvalue weighted by Crippen LogP contribution is -2.26. The number of allylic oxidation sites excluding steroid dienone is 2. The molecule has 1 atom stereocenters. The van der Waals surface area contributed by atoms with Gasteiger partial charge in [0.15, 0.2) is 0 Å². The minimum atomic E-state index is -0.0281. The summed E-state index contributed by atoms with van der Waals surface area (Å²) in [4.78, 5) is 4.76. The summed E-state index contributed by atoms with van der Waals surface area (Å²) in [5.74, 6) is 1.79. The van der Waals surface area contributed by atoms with E-state index in [1.54, 1.807) is 0 Å². The van der Waals surface area contributed by atoms with Crippen molar-refractivity contribution in [2.45, 2.75) is 78.7 Å². The van der Waals surface area contributed by atoms with Crippen LogP contribution in [0.15, 0.2) is 35.9 Å². The first-order valence-electron chi connectivity index (χ1n) is 10.5. The van der Waals surface area contributed by atoms with Gasteiger partial charge < -0.3 is 9.30 Å². The second-order valence-electron chi connectivity index (χ2n) is 8.65. The second kappa shape index (κ2) is 10.1. The van der Waals surface area contributed by atoms with Crippen molar-refractivity contribution in [3.63, 3.8) is 0 Å². The van der Waals surface area contributed by atoms with E-state index in [1.807, 2.05) is 6.07 Å². The highest BCUT2D eigenvalue weighted by Crippen LogP contribution is 2.22. The van der Waals surface area contributed by atoms with E-state index < -0.39 is 0 Å². The van der Waals surface area contributed by atoms with Gasteiger partial charge in [0.2, 0.25) is 0 Å². The molecule has 2 aromatic rings. The fourth-order valence-corrected chi connectivity index (χ4v) is 3.55. The van der Waals surface area contributed by atoms with Gasteiger partial charge in [0, 0.05) is 20.1 Å². The predicted octanol–water partition coefficient (Wildman–Crippen LogP) is 6.46. The summed E-state index contributed by atoms with van der Waals surface area (Å²) >= 11 is 0. The first-order chi connectivity index (χ1) is 12.8. The first kappa shape index (κ1) is 21.7. The molecule has 0 saturated carbocycles. The zero-order valence-electron chi connectivity index (χ0n) is 18.2. The van der Waals surface area contributed by atoms with Crippen LogP contribution in [0.4, 0.5) is 0 Å². The van der Waals surface area contributed by atoms with E-state index in [4.69, 9.17) is 9.72 Å². The first-order valence-corrected chi connectivity index (χ1v) is 10.5. The van der Waals surface area contributed by atoms with E-state index in [-0.39, 0.29) is 5.60 Å². The maximum Gasteiger partial charge on any atom is 0.113 e. The molecule has 150 valence electrons. The monoisotopic (exact) mass is 370 g/mol. The third-order valence-corrected chi connectivity index (χ3v) is 5.40. The van der Waals surface area contributed by atoms with E-state index in [2.05, 4.69) is 70.5 Å². The van der Waals surface area contributed by atoms with E-state index >= 15 is 0 Å². The zero-order chi connectivity index (χ0) is 19.9. The minimum absolute atomic E-state index is 0.0281. The lowest BCUT2D eigenvalue weighted by molar-refractivity contribution is -0.0403. The molecule has 0 aliphatic rings. The summed E-state index contributed by atoms with van der Waals surface area (Å²) in [6.45, 7) is 12.1. The SMILES string of the molecule is CCCC(C)COC(C)(C)CCC/C(C)=C/Cc1nc2ccccc2n1C. The van der Waals surface area contributed by atoms with Crippen LogP contribution in [0.3, 0.4) is 0 Å². The molecule has 27 heavy (non-hydrogen) atoms. The highest BCUT2D eigenvalue weighted by Gasteiger charge is 2.19. The van der Waals surface area contributed by atoms with Crippen LogP contribution in [0.25, 0.3) is 11.0 Å². The van der Waals surface area contributed by atoms with Crippen molar-refractivity contribution in [3.8, 4) is 0 Å². The Kier molecular flexibility index (Phi) is 8.09. The molecule has 1 heterocycles. The lowest BCUT2D eigenvalue weighted by Gasteiger charge is -2.27. The predicted molar refractivity (Wildman–Crippen MR) is 116 cm³/mol. The number of hydrogen-bond donors (Lipinski definition) is 0. The second-order valence-corrected chi connectivity index (χ2v) is 8.65. The average Bonchev–Trinajstić information content (AvgIpc) is 2.95. The largest absolute Gasteiger partial charge is 0.375 e. The topological polar surface area (TPSA) is 27.1 Å². The van der Waals surface area contributed by atoms with Crippen molar-refractivity contribution >= 4 is 11.0 Å². The number of para-hydroxylation sites is 2. The Morgan fingerprint density at radius 1 is 1.30 bits per heavy atom. The quantitative estimate of drug-likeness (QED) is 0.424. The lowest BCUT2D eigenvalue weighted by atomic mass is 9.98. The Bertz CT molecular complexity index is 742. The molecule has 1 aromatic heterocycles. The van der Waals surface area contributed by atoms with Gasteiger partial charge in [-0.2, -0.15) is 0 Å². The summed E-state index contributed by atoms with van der Waals surface area (Å²) in [5.41, 5.74) is 3.70. The number of aromatic nitrogens is 2. The highest BCUT2D eigenvalue weighted by atomic mass is 16.5. The molecule has 0 aliphatic carbocycles. The molecule has 0 N–H and O–H groups in total. The summed E-state index contributed by atoms with van der Waals surface area (Å²) in [5, 5.41) is 0. The molecule has 2 rings (SSSR count). The summed E-state index contributed by atoms with van der Waals surface area (Å²) < 4.78 is 8.37. The van der Waals surface area contributed by atoms with Crippen molar-refractivity contribution in [3.05, 3.63) is 41.7 Å². The van der Waals surface area contributed by atoms with E-state index in [0.717, 1.165) is 37.2 Å². The third kappa shape index (κ3) is 6.80. The fourth-order valence-electron chi connectivity index (χ4n) is 3.55. The van der Waals surface area contributed by atoms with E-state index in [1.165, 1.54) is 30.4 Å². The maximum absolute atomic E-state index is 6.17. The number of imidazole rings is 1. The number of aryl methyl sites for hydroxylation is 1. The molecular weight excluding hydrogens is 332 g/mol. The molecular formula is C24H38N2O.